The molecule has 2 aromatic carbocycles. The number of carbonyl (C=O) groups is 1. The van der Waals surface area contributed by atoms with E-state index >= 15 is 0 Å². The molecular weight excluding hydrogens is 238 g/mol. The zero-order valence-electron chi connectivity index (χ0n) is 10.7. The van der Waals surface area contributed by atoms with Crippen molar-refractivity contribution in [1.82, 2.24) is 0 Å². The van der Waals surface area contributed by atoms with Crippen LogP contribution < -0.4 is 9.64 Å². The molecular formula is C16H15NO2. The molecule has 1 aliphatic rings. The number of rotatable bonds is 2. The zero-order valence-corrected chi connectivity index (χ0v) is 10.7. The smallest absolute Gasteiger partial charge is 0.265 e. The van der Waals surface area contributed by atoms with Crippen LogP contribution in [0, 0.1) is 0 Å². The number of carbonyl (C=O) groups excluding carboxylic acids is 1. The van der Waals surface area contributed by atoms with Crippen LogP contribution in [0.3, 0.4) is 0 Å². The minimum Gasteiger partial charge on any atom is -0.482 e. The first-order chi connectivity index (χ1) is 9.27. The maximum absolute atomic E-state index is 12.2. The summed E-state index contributed by atoms with van der Waals surface area (Å²) in [6.07, 6.45) is 0. The highest BCUT2D eigenvalue weighted by atomic mass is 16.5. The molecule has 0 saturated carbocycles. The lowest BCUT2D eigenvalue weighted by molar-refractivity contribution is -0.121. The van der Waals surface area contributed by atoms with Crippen LogP contribution in [0.4, 0.5) is 5.69 Å². The molecule has 3 rings (SSSR count). The molecule has 2 aromatic rings. The van der Waals surface area contributed by atoms with Crippen molar-refractivity contribution < 1.29 is 9.53 Å². The highest BCUT2D eigenvalue weighted by Gasteiger charge is 2.29. The molecule has 1 heterocycles. The van der Waals surface area contributed by atoms with E-state index in [1.807, 2.05) is 66.4 Å². The number of ether oxygens (including phenoxy) is 1. The summed E-state index contributed by atoms with van der Waals surface area (Å²) in [5.41, 5.74) is 1.96. The average Bonchev–Trinajstić information content (AvgIpc) is 2.47. The molecule has 0 saturated heterocycles. The normalized spacial score (nSPS) is 15.6. The van der Waals surface area contributed by atoms with Gasteiger partial charge in [0.2, 0.25) is 0 Å². The Labute approximate surface area is 112 Å². The Kier molecular flexibility index (Phi) is 2.95. The molecule has 1 amide bonds. The summed E-state index contributed by atoms with van der Waals surface area (Å²) in [5.74, 6) is 0.764. The predicted molar refractivity (Wildman–Crippen MR) is 74.3 cm³/mol. The average molecular weight is 253 g/mol. The molecule has 3 heteroatoms. The summed E-state index contributed by atoms with van der Waals surface area (Å²) >= 11 is 0. The Bertz CT molecular complexity index is 595. The SMILES string of the molecule is CC(c1ccccc1)N1C(=O)COc2ccccc21. The van der Waals surface area contributed by atoms with E-state index in [2.05, 4.69) is 0 Å². The van der Waals surface area contributed by atoms with Crippen LogP contribution in [0.2, 0.25) is 0 Å². The fraction of sp³-hybridized carbons (Fsp3) is 0.188. The van der Waals surface area contributed by atoms with E-state index in [1.54, 1.807) is 0 Å². The zero-order chi connectivity index (χ0) is 13.2. The highest BCUT2D eigenvalue weighted by molar-refractivity contribution is 5.98. The molecule has 0 aliphatic carbocycles. The molecule has 3 nitrogen and oxygen atoms in total. The van der Waals surface area contributed by atoms with Crippen molar-refractivity contribution in [3.8, 4) is 5.75 Å². The summed E-state index contributed by atoms with van der Waals surface area (Å²) in [5, 5.41) is 0. The van der Waals surface area contributed by atoms with Gasteiger partial charge in [-0.25, -0.2) is 0 Å². The van der Waals surface area contributed by atoms with E-state index in [0.717, 1.165) is 17.0 Å². The van der Waals surface area contributed by atoms with Crippen molar-refractivity contribution in [3.05, 3.63) is 60.2 Å². The van der Waals surface area contributed by atoms with Gasteiger partial charge >= 0.3 is 0 Å². The van der Waals surface area contributed by atoms with E-state index in [4.69, 9.17) is 4.74 Å². The fourth-order valence-corrected chi connectivity index (χ4v) is 2.43. The van der Waals surface area contributed by atoms with E-state index in [-0.39, 0.29) is 18.6 Å². The van der Waals surface area contributed by atoms with Crippen molar-refractivity contribution in [2.45, 2.75) is 13.0 Å². The lowest BCUT2D eigenvalue weighted by atomic mass is 10.1. The van der Waals surface area contributed by atoms with Crippen molar-refractivity contribution in [2.24, 2.45) is 0 Å². The Hall–Kier alpha value is -2.29. The first kappa shape index (κ1) is 11.8. The van der Waals surface area contributed by atoms with Gasteiger partial charge in [-0.3, -0.25) is 9.69 Å². The van der Waals surface area contributed by atoms with Gasteiger partial charge in [-0.2, -0.15) is 0 Å². The molecule has 0 fully saturated rings. The minimum atomic E-state index is -0.00458. The number of amides is 1. The third-order valence-electron chi connectivity index (χ3n) is 3.41. The van der Waals surface area contributed by atoms with Gasteiger partial charge in [0.25, 0.3) is 5.91 Å². The van der Waals surface area contributed by atoms with Crippen LogP contribution >= 0.6 is 0 Å². The molecule has 96 valence electrons. The van der Waals surface area contributed by atoms with Crippen LogP contribution in [0.15, 0.2) is 54.6 Å². The van der Waals surface area contributed by atoms with Gasteiger partial charge in [-0.15, -0.1) is 0 Å². The van der Waals surface area contributed by atoms with Crippen LogP contribution in [-0.2, 0) is 4.79 Å². The number of fused-ring (bicyclic) bond motifs is 1. The number of benzene rings is 2. The second kappa shape index (κ2) is 4.76. The second-order valence-corrected chi connectivity index (χ2v) is 4.61. The number of nitrogens with zero attached hydrogens (tertiary/aromatic N) is 1. The quantitative estimate of drug-likeness (QED) is 0.822. The van der Waals surface area contributed by atoms with Crippen LogP contribution in [0.25, 0.3) is 0 Å². The highest BCUT2D eigenvalue weighted by Crippen LogP contribution is 2.36. The summed E-state index contributed by atoms with van der Waals surface area (Å²) in [4.78, 5) is 14.0. The summed E-state index contributed by atoms with van der Waals surface area (Å²) < 4.78 is 5.46. The maximum Gasteiger partial charge on any atom is 0.265 e. The monoisotopic (exact) mass is 253 g/mol. The molecule has 0 spiro atoms. The van der Waals surface area contributed by atoms with Gasteiger partial charge in [-0.1, -0.05) is 42.5 Å². The maximum atomic E-state index is 12.2. The molecule has 1 atom stereocenters. The molecule has 1 aliphatic heterocycles. The Morgan fingerprint density at radius 2 is 1.74 bits per heavy atom. The number of hydrogen-bond acceptors (Lipinski definition) is 2. The summed E-state index contributed by atoms with van der Waals surface area (Å²) in [6, 6.07) is 17.7. The molecule has 0 aromatic heterocycles. The van der Waals surface area contributed by atoms with Crippen LogP contribution in [-0.4, -0.2) is 12.5 Å². The van der Waals surface area contributed by atoms with Crippen molar-refractivity contribution in [3.63, 3.8) is 0 Å². The van der Waals surface area contributed by atoms with Gasteiger partial charge in [0.05, 0.1) is 11.7 Å². The third kappa shape index (κ3) is 2.08. The Balaban J connectivity index is 2.02. The van der Waals surface area contributed by atoms with Gasteiger partial charge in [0, 0.05) is 0 Å². The molecule has 0 radical (unpaired) electrons. The van der Waals surface area contributed by atoms with Gasteiger partial charge in [0.15, 0.2) is 6.61 Å². The number of anilines is 1. The predicted octanol–water partition coefficient (Wildman–Crippen LogP) is 3.17. The molecule has 19 heavy (non-hydrogen) atoms. The molecule has 0 N–H and O–H groups in total. The number of hydrogen-bond donors (Lipinski definition) is 0. The first-order valence-electron chi connectivity index (χ1n) is 6.36. The molecule has 0 bridgehead atoms. The van der Waals surface area contributed by atoms with Gasteiger partial charge < -0.3 is 4.74 Å². The number of para-hydroxylation sites is 2. The summed E-state index contributed by atoms with van der Waals surface area (Å²) in [7, 11) is 0. The van der Waals surface area contributed by atoms with E-state index in [9.17, 15) is 4.79 Å². The van der Waals surface area contributed by atoms with Crippen molar-refractivity contribution in [2.75, 3.05) is 11.5 Å². The van der Waals surface area contributed by atoms with Crippen molar-refractivity contribution in [1.29, 1.82) is 0 Å². The van der Waals surface area contributed by atoms with E-state index in [1.165, 1.54) is 0 Å². The topological polar surface area (TPSA) is 29.5 Å². The molecule has 1 unspecified atom stereocenters. The lowest BCUT2D eigenvalue weighted by Gasteiger charge is -2.34. The third-order valence-corrected chi connectivity index (χ3v) is 3.41. The standard InChI is InChI=1S/C16H15NO2/c1-12(13-7-3-2-4-8-13)17-14-9-5-6-10-15(14)19-11-16(17)18/h2-10,12H,11H2,1H3. The van der Waals surface area contributed by atoms with Gasteiger partial charge in [-0.05, 0) is 24.6 Å². The fourth-order valence-electron chi connectivity index (χ4n) is 2.43. The van der Waals surface area contributed by atoms with E-state index < -0.39 is 0 Å². The van der Waals surface area contributed by atoms with Crippen LogP contribution in [0.5, 0.6) is 5.75 Å². The largest absolute Gasteiger partial charge is 0.482 e. The second-order valence-electron chi connectivity index (χ2n) is 4.61. The van der Waals surface area contributed by atoms with Crippen molar-refractivity contribution >= 4 is 11.6 Å². The Morgan fingerprint density at radius 3 is 2.53 bits per heavy atom. The van der Waals surface area contributed by atoms with Gasteiger partial charge in [0.1, 0.15) is 5.75 Å². The lowest BCUT2D eigenvalue weighted by Crippen LogP contribution is -2.40. The summed E-state index contributed by atoms with van der Waals surface area (Å²) in [6.45, 7) is 2.14. The Morgan fingerprint density at radius 1 is 1.05 bits per heavy atom. The first-order valence-corrected chi connectivity index (χ1v) is 6.36. The van der Waals surface area contributed by atoms with E-state index in [0.29, 0.717) is 0 Å². The minimum absolute atomic E-state index is 0.00116. The van der Waals surface area contributed by atoms with Crippen LogP contribution in [0.1, 0.15) is 18.5 Å².